The average molecular weight is 994 g/mol. The molecule has 0 fully saturated rings. The van der Waals surface area contributed by atoms with Crippen LogP contribution in [0.5, 0.6) is 0 Å². The second kappa shape index (κ2) is 59.7. The molecule has 0 aliphatic rings. The molecule has 0 rings (SSSR count). The molecule has 0 aliphatic carbocycles. The van der Waals surface area contributed by atoms with Crippen molar-refractivity contribution in [2.45, 2.75) is 322 Å². The molecule has 0 aromatic heterocycles. The maximum absolute atomic E-state index is 12.9. The molecule has 412 valence electrons. The van der Waals surface area contributed by atoms with Crippen molar-refractivity contribution >= 4 is 17.9 Å². The van der Waals surface area contributed by atoms with Crippen LogP contribution >= 0.6 is 0 Å². The number of unbranched alkanes of at least 4 members (excludes halogenated alkanes) is 35. The van der Waals surface area contributed by atoms with Crippen LogP contribution in [-0.2, 0) is 28.6 Å². The van der Waals surface area contributed by atoms with E-state index in [9.17, 15) is 14.4 Å². The fraction of sp³-hybridized carbons (Fsp3) is 0.800. The van der Waals surface area contributed by atoms with E-state index < -0.39 is 6.10 Å². The third kappa shape index (κ3) is 57.9. The summed E-state index contributed by atoms with van der Waals surface area (Å²) in [5.41, 5.74) is 0. The molecule has 0 heterocycles. The largest absolute Gasteiger partial charge is 0.462 e. The summed E-state index contributed by atoms with van der Waals surface area (Å²) in [7, 11) is 0. The molecular formula is C65H116O6. The van der Waals surface area contributed by atoms with Crippen molar-refractivity contribution in [2.24, 2.45) is 0 Å². The second-order valence-corrected chi connectivity index (χ2v) is 20.6. The quantitative estimate of drug-likeness (QED) is 0.0261. The Labute approximate surface area is 440 Å². The van der Waals surface area contributed by atoms with Crippen molar-refractivity contribution in [3.63, 3.8) is 0 Å². The molecule has 0 amide bonds. The lowest BCUT2D eigenvalue weighted by molar-refractivity contribution is -0.167. The van der Waals surface area contributed by atoms with Crippen LogP contribution in [0.4, 0.5) is 0 Å². The molecule has 0 saturated heterocycles. The van der Waals surface area contributed by atoms with Crippen LogP contribution in [0.2, 0.25) is 0 Å². The third-order valence-corrected chi connectivity index (χ3v) is 13.5. The molecule has 0 N–H and O–H groups in total. The Hall–Kier alpha value is -2.89. The fourth-order valence-corrected chi connectivity index (χ4v) is 8.94. The lowest BCUT2D eigenvalue weighted by Crippen LogP contribution is -2.30. The molecule has 6 nitrogen and oxygen atoms in total. The van der Waals surface area contributed by atoms with Crippen molar-refractivity contribution in [3.8, 4) is 0 Å². The van der Waals surface area contributed by atoms with Gasteiger partial charge in [-0.25, -0.2) is 0 Å². The summed E-state index contributed by atoms with van der Waals surface area (Å²) in [5, 5.41) is 0. The molecule has 0 aliphatic heterocycles. The summed E-state index contributed by atoms with van der Waals surface area (Å²) >= 11 is 0. The van der Waals surface area contributed by atoms with Gasteiger partial charge >= 0.3 is 17.9 Å². The molecule has 0 spiro atoms. The lowest BCUT2D eigenvalue weighted by atomic mass is 10.0. The molecule has 0 aromatic carbocycles. The molecule has 71 heavy (non-hydrogen) atoms. The molecule has 0 aromatic rings. The zero-order valence-corrected chi connectivity index (χ0v) is 47.2. The average Bonchev–Trinajstić information content (AvgIpc) is 3.37. The van der Waals surface area contributed by atoms with Gasteiger partial charge in [-0.2, -0.15) is 0 Å². The predicted molar refractivity (Wildman–Crippen MR) is 307 cm³/mol. The van der Waals surface area contributed by atoms with E-state index >= 15 is 0 Å². The summed E-state index contributed by atoms with van der Waals surface area (Å²) in [6.07, 6.45) is 75.2. The minimum Gasteiger partial charge on any atom is -0.462 e. The number of allylic oxidation sites excluding steroid dienone is 10. The van der Waals surface area contributed by atoms with Crippen molar-refractivity contribution in [2.75, 3.05) is 13.2 Å². The van der Waals surface area contributed by atoms with E-state index in [-0.39, 0.29) is 31.1 Å². The Morgan fingerprint density at radius 2 is 0.549 bits per heavy atom. The van der Waals surface area contributed by atoms with Gasteiger partial charge in [0.2, 0.25) is 0 Å². The Morgan fingerprint density at radius 3 is 0.859 bits per heavy atom. The molecule has 0 radical (unpaired) electrons. The number of rotatable bonds is 56. The first-order valence-electron chi connectivity index (χ1n) is 30.8. The first kappa shape index (κ1) is 68.1. The highest BCUT2D eigenvalue weighted by Crippen LogP contribution is 2.17. The number of carbonyl (C=O) groups excluding carboxylic acids is 3. The number of hydrogen-bond acceptors (Lipinski definition) is 6. The first-order valence-corrected chi connectivity index (χ1v) is 30.8. The van der Waals surface area contributed by atoms with Gasteiger partial charge in [0, 0.05) is 19.3 Å². The van der Waals surface area contributed by atoms with Gasteiger partial charge in [0.25, 0.3) is 0 Å². The Bertz CT molecular complexity index is 1280. The number of carbonyl (C=O) groups is 3. The van der Waals surface area contributed by atoms with Crippen molar-refractivity contribution in [1.82, 2.24) is 0 Å². The standard InChI is InChI=1S/C65H116O6/c1-4-7-10-13-16-19-22-24-26-28-30-31-32-33-35-36-38-40-43-46-49-52-55-58-64(67)70-61-62(60-69-63(66)57-54-51-48-45-42-21-18-15-12-9-6-3)71-65(68)59-56-53-50-47-44-41-39-37-34-29-27-25-23-20-17-14-11-8-5-2/h8,11,17,20,25,27,34,37,41,44,62H,4-7,9-10,12-16,18-19,21-24,26,28-33,35-36,38-40,42-43,45-61H2,1-3H3/b11-8-,20-17-,27-25-,37-34-,44-41-. The van der Waals surface area contributed by atoms with Gasteiger partial charge < -0.3 is 14.2 Å². The Kier molecular flexibility index (Phi) is 57.2. The number of hydrogen-bond donors (Lipinski definition) is 0. The van der Waals surface area contributed by atoms with E-state index in [1.54, 1.807) is 0 Å². The molecule has 1 atom stereocenters. The highest BCUT2D eigenvalue weighted by atomic mass is 16.6. The van der Waals surface area contributed by atoms with E-state index in [2.05, 4.69) is 81.5 Å². The van der Waals surface area contributed by atoms with Gasteiger partial charge in [0.1, 0.15) is 13.2 Å². The normalized spacial score (nSPS) is 12.4. The third-order valence-electron chi connectivity index (χ3n) is 13.5. The second-order valence-electron chi connectivity index (χ2n) is 20.6. The first-order chi connectivity index (χ1) is 35.0. The van der Waals surface area contributed by atoms with Crippen LogP contribution in [0, 0.1) is 0 Å². The van der Waals surface area contributed by atoms with E-state index in [1.807, 2.05) is 0 Å². The minimum absolute atomic E-state index is 0.0836. The van der Waals surface area contributed by atoms with Gasteiger partial charge in [-0.3, -0.25) is 14.4 Å². The molecule has 1 unspecified atom stereocenters. The Morgan fingerprint density at radius 1 is 0.296 bits per heavy atom. The zero-order valence-electron chi connectivity index (χ0n) is 47.2. The smallest absolute Gasteiger partial charge is 0.306 e. The summed E-state index contributed by atoms with van der Waals surface area (Å²) in [6, 6.07) is 0. The van der Waals surface area contributed by atoms with E-state index in [4.69, 9.17) is 14.2 Å². The van der Waals surface area contributed by atoms with Crippen LogP contribution in [0.25, 0.3) is 0 Å². The molecule has 0 saturated carbocycles. The Balaban J connectivity index is 4.30. The highest BCUT2D eigenvalue weighted by Gasteiger charge is 2.19. The summed E-state index contributed by atoms with van der Waals surface area (Å²) in [5.74, 6) is -0.901. The van der Waals surface area contributed by atoms with Crippen LogP contribution in [0.1, 0.15) is 316 Å². The zero-order chi connectivity index (χ0) is 51.4. The van der Waals surface area contributed by atoms with Gasteiger partial charge in [-0.05, 0) is 64.2 Å². The number of esters is 3. The molecule has 6 heteroatoms. The predicted octanol–water partition coefficient (Wildman–Crippen LogP) is 20.8. The van der Waals surface area contributed by atoms with Crippen LogP contribution in [0.3, 0.4) is 0 Å². The van der Waals surface area contributed by atoms with E-state index in [0.29, 0.717) is 19.3 Å². The van der Waals surface area contributed by atoms with Gasteiger partial charge in [-0.15, -0.1) is 0 Å². The summed E-state index contributed by atoms with van der Waals surface area (Å²) in [4.78, 5) is 38.2. The highest BCUT2D eigenvalue weighted by molar-refractivity contribution is 5.71. The lowest BCUT2D eigenvalue weighted by Gasteiger charge is -2.18. The topological polar surface area (TPSA) is 78.9 Å². The van der Waals surface area contributed by atoms with Crippen LogP contribution in [-0.4, -0.2) is 37.2 Å². The molecular weight excluding hydrogens is 877 g/mol. The SMILES string of the molecule is CC/C=C\C/C=C\C/C=C\C/C=C\C/C=C\CCCCCC(=O)OC(COC(=O)CCCCCCCCCCCCC)COC(=O)CCCCCCCCCCCCCCCCCCCCCCCCC. The van der Waals surface area contributed by atoms with Crippen LogP contribution in [0.15, 0.2) is 60.8 Å². The maximum atomic E-state index is 12.9. The molecule has 0 bridgehead atoms. The maximum Gasteiger partial charge on any atom is 0.306 e. The van der Waals surface area contributed by atoms with Gasteiger partial charge in [0.05, 0.1) is 0 Å². The van der Waals surface area contributed by atoms with E-state index in [1.165, 1.54) is 180 Å². The monoisotopic (exact) mass is 993 g/mol. The van der Waals surface area contributed by atoms with Crippen molar-refractivity contribution in [3.05, 3.63) is 60.8 Å². The minimum atomic E-state index is -0.789. The van der Waals surface area contributed by atoms with Crippen LogP contribution < -0.4 is 0 Å². The number of ether oxygens (including phenoxy) is 3. The van der Waals surface area contributed by atoms with E-state index in [0.717, 1.165) is 96.3 Å². The summed E-state index contributed by atoms with van der Waals surface area (Å²) < 4.78 is 16.9. The van der Waals surface area contributed by atoms with Gasteiger partial charge in [0.15, 0.2) is 6.10 Å². The van der Waals surface area contributed by atoms with Crippen molar-refractivity contribution < 1.29 is 28.6 Å². The fourth-order valence-electron chi connectivity index (χ4n) is 8.94. The summed E-state index contributed by atoms with van der Waals surface area (Å²) in [6.45, 7) is 6.53. The van der Waals surface area contributed by atoms with Crippen molar-refractivity contribution in [1.29, 1.82) is 0 Å². The van der Waals surface area contributed by atoms with Gasteiger partial charge in [-0.1, -0.05) is 293 Å².